The van der Waals surface area contributed by atoms with Gasteiger partial charge in [0.1, 0.15) is 0 Å². The topological polar surface area (TPSA) is 55.2 Å². The van der Waals surface area contributed by atoms with Gasteiger partial charge in [0.2, 0.25) is 5.91 Å². The van der Waals surface area contributed by atoms with Crippen LogP contribution in [0.4, 0.5) is 0 Å². The minimum absolute atomic E-state index is 0.108. The lowest BCUT2D eigenvalue weighted by Crippen LogP contribution is -2.48. The Morgan fingerprint density at radius 2 is 1.77 bits per heavy atom. The lowest BCUT2D eigenvalue weighted by atomic mass is 9.98. The van der Waals surface area contributed by atoms with Gasteiger partial charge in [-0.2, -0.15) is 0 Å². The van der Waals surface area contributed by atoms with Crippen molar-refractivity contribution in [2.75, 3.05) is 5.75 Å². The molecule has 1 saturated heterocycles. The molecular formula is C25H29N3O2S. The second kappa shape index (κ2) is 8.87. The predicted molar refractivity (Wildman–Crippen MR) is 127 cm³/mol. The lowest BCUT2D eigenvalue weighted by Gasteiger charge is -2.39. The number of nitrogens with zero attached hydrogens (tertiary/aromatic N) is 3. The minimum atomic E-state index is -0.108. The van der Waals surface area contributed by atoms with E-state index in [9.17, 15) is 9.59 Å². The van der Waals surface area contributed by atoms with Crippen LogP contribution in [-0.4, -0.2) is 38.2 Å². The fourth-order valence-electron chi connectivity index (χ4n) is 4.42. The van der Waals surface area contributed by atoms with Gasteiger partial charge < -0.3 is 4.90 Å². The normalized spacial score (nSPS) is 19.0. The van der Waals surface area contributed by atoms with Crippen molar-refractivity contribution in [1.82, 2.24) is 14.5 Å². The number of rotatable bonds is 4. The highest BCUT2D eigenvalue weighted by molar-refractivity contribution is 7.99. The van der Waals surface area contributed by atoms with Crippen molar-refractivity contribution in [1.29, 1.82) is 0 Å². The van der Waals surface area contributed by atoms with Crippen LogP contribution in [0.5, 0.6) is 0 Å². The first-order chi connectivity index (χ1) is 14.9. The van der Waals surface area contributed by atoms with Crippen LogP contribution in [0.3, 0.4) is 0 Å². The van der Waals surface area contributed by atoms with E-state index in [0.717, 1.165) is 30.5 Å². The maximum Gasteiger partial charge on any atom is 0.266 e. The van der Waals surface area contributed by atoms with E-state index in [4.69, 9.17) is 4.98 Å². The average molecular weight is 436 g/mol. The van der Waals surface area contributed by atoms with Crippen molar-refractivity contribution in [3.63, 3.8) is 0 Å². The van der Waals surface area contributed by atoms with E-state index < -0.39 is 0 Å². The molecule has 31 heavy (non-hydrogen) atoms. The molecule has 6 heteroatoms. The number of hydrogen-bond acceptors (Lipinski definition) is 4. The Bertz CT molecular complexity index is 1180. The molecule has 4 rings (SSSR count). The second-order valence-electron chi connectivity index (χ2n) is 8.54. The molecule has 2 aromatic carbocycles. The number of para-hydroxylation sites is 1. The number of hydrogen-bond donors (Lipinski definition) is 0. The van der Waals surface area contributed by atoms with Crippen molar-refractivity contribution in [3.05, 3.63) is 63.9 Å². The van der Waals surface area contributed by atoms with Gasteiger partial charge in [-0.15, -0.1) is 0 Å². The quantitative estimate of drug-likeness (QED) is 0.433. The molecule has 3 aromatic rings. The van der Waals surface area contributed by atoms with Gasteiger partial charge in [-0.1, -0.05) is 30.0 Å². The standard InChI is InChI=1S/C25H29N3O2S/c1-16-12-13-20(14-17(16)2)28-24(30)21-10-5-6-11-22(21)26-25(28)31-15-23(29)27-18(3)8-7-9-19(27)4/h5-6,10-14,18-19H,7-9,15H2,1-4H3/t18-,19+. The molecule has 1 aliphatic rings. The van der Waals surface area contributed by atoms with Crippen LogP contribution in [0.2, 0.25) is 0 Å². The molecular weight excluding hydrogens is 406 g/mol. The number of amides is 1. The third-order valence-corrected chi connectivity index (χ3v) is 7.22. The number of likely N-dealkylation sites (tertiary alicyclic amines) is 1. The summed E-state index contributed by atoms with van der Waals surface area (Å²) >= 11 is 1.35. The smallest absolute Gasteiger partial charge is 0.266 e. The van der Waals surface area contributed by atoms with Gasteiger partial charge in [0, 0.05) is 12.1 Å². The molecule has 2 atom stereocenters. The molecule has 0 saturated carbocycles. The van der Waals surface area contributed by atoms with E-state index in [-0.39, 0.29) is 29.3 Å². The summed E-state index contributed by atoms with van der Waals surface area (Å²) in [6, 6.07) is 13.9. The van der Waals surface area contributed by atoms with Gasteiger partial charge in [-0.25, -0.2) is 4.98 Å². The highest BCUT2D eigenvalue weighted by atomic mass is 32.2. The Morgan fingerprint density at radius 1 is 1.06 bits per heavy atom. The SMILES string of the molecule is Cc1ccc(-n2c(SCC(=O)N3[C@H](C)CCC[C@@H]3C)nc3ccccc3c2=O)cc1C. The summed E-state index contributed by atoms with van der Waals surface area (Å²) in [7, 11) is 0. The molecule has 0 unspecified atom stereocenters. The number of piperidine rings is 1. The number of benzene rings is 2. The first kappa shape index (κ1) is 21.6. The first-order valence-corrected chi connectivity index (χ1v) is 11.9. The molecule has 0 N–H and O–H groups in total. The lowest BCUT2D eigenvalue weighted by molar-refractivity contribution is -0.134. The zero-order chi connectivity index (χ0) is 22.1. The van der Waals surface area contributed by atoms with Gasteiger partial charge in [-0.3, -0.25) is 14.2 Å². The highest BCUT2D eigenvalue weighted by Gasteiger charge is 2.29. The molecule has 162 valence electrons. The zero-order valence-electron chi connectivity index (χ0n) is 18.6. The van der Waals surface area contributed by atoms with Crippen molar-refractivity contribution < 1.29 is 4.79 Å². The van der Waals surface area contributed by atoms with E-state index in [1.807, 2.05) is 48.2 Å². The Labute approximate surface area is 187 Å². The molecule has 0 spiro atoms. The van der Waals surface area contributed by atoms with Crippen LogP contribution in [0, 0.1) is 13.8 Å². The van der Waals surface area contributed by atoms with E-state index >= 15 is 0 Å². The van der Waals surface area contributed by atoms with Crippen molar-refractivity contribution in [2.45, 2.75) is 64.2 Å². The number of thioether (sulfide) groups is 1. The summed E-state index contributed by atoms with van der Waals surface area (Å²) in [5.74, 6) is 0.378. The average Bonchev–Trinajstić information content (AvgIpc) is 2.74. The maximum atomic E-state index is 13.4. The van der Waals surface area contributed by atoms with Crippen LogP contribution in [0.1, 0.15) is 44.2 Å². The molecule has 0 radical (unpaired) electrons. The van der Waals surface area contributed by atoms with Crippen LogP contribution < -0.4 is 5.56 Å². The fraction of sp³-hybridized carbons (Fsp3) is 0.400. The molecule has 0 bridgehead atoms. The van der Waals surface area contributed by atoms with Crippen LogP contribution in [0.15, 0.2) is 52.4 Å². The van der Waals surface area contributed by atoms with Gasteiger partial charge in [-0.05, 0) is 82.3 Å². The Hall–Kier alpha value is -2.60. The highest BCUT2D eigenvalue weighted by Crippen LogP contribution is 2.26. The monoisotopic (exact) mass is 435 g/mol. The summed E-state index contributed by atoms with van der Waals surface area (Å²) in [6.07, 6.45) is 3.25. The van der Waals surface area contributed by atoms with E-state index in [0.29, 0.717) is 16.1 Å². The Balaban J connectivity index is 1.73. The first-order valence-electron chi connectivity index (χ1n) is 10.9. The van der Waals surface area contributed by atoms with E-state index in [2.05, 4.69) is 20.8 Å². The van der Waals surface area contributed by atoms with Gasteiger partial charge in [0.05, 0.1) is 22.3 Å². The van der Waals surface area contributed by atoms with Gasteiger partial charge in [0.25, 0.3) is 5.56 Å². The van der Waals surface area contributed by atoms with Gasteiger partial charge >= 0.3 is 0 Å². The molecule has 0 aliphatic carbocycles. The van der Waals surface area contributed by atoms with E-state index in [1.54, 1.807) is 10.6 Å². The van der Waals surface area contributed by atoms with Crippen LogP contribution in [0.25, 0.3) is 16.6 Å². The number of aryl methyl sites for hydroxylation is 2. The fourth-order valence-corrected chi connectivity index (χ4v) is 5.30. The van der Waals surface area contributed by atoms with Gasteiger partial charge in [0.15, 0.2) is 5.16 Å². The minimum Gasteiger partial charge on any atom is -0.337 e. The summed E-state index contributed by atoms with van der Waals surface area (Å²) in [4.78, 5) is 33.3. The second-order valence-corrected chi connectivity index (χ2v) is 9.48. The summed E-state index contributed by atoms with van der Waals surface area (Å²) in [5, 5.41) is 1.13. The summed E-state index contributed by atoms with van der Waals surface area (Å²) in [5.41, 5.74) is 3.61. The zero-order valence-corrected chi connectivity index (χ0v) is 19.4. The number of carbonyl (C=O) groups excluding carboxylic acids is 1. The van der Waals surface area contributed by atoms with Crippen molar-refractivity contribution in [2.24, 2.45) is 0 Å². The third kappa shape index (κ3) is 4.26. The molecule has 5 nitrogen and oxygen atoms in total. The number of fused-ring (bicyclic) bond motifs is 1. The molecule has 2 heterocycles. The molecule has 1 amide bonds. The van der Waals surface area contributed by atoms with Crippen molar-refractivity contribution >= 4 is 28.6 Å². The number of aromatic nitrogens is 2. The van der Waals surface area contributed by atoms with Crippen LogP contribution >= 0.6 is 11.8 Å². The third-order valence-electron chi connectivity index (χ3n) is 6.30. The molecule has 1 fully saturated rings. The van der Waals surface area contributed by atoms with Crippen molar-refractivity contribution in [3.8, 4) is 5.69 Å². The Kier molecular flexibility index (Phi) is 6.19. The predicted octanol–water partition coefficient (Wildman–Crippen LogP) is 4.88. The molecule has 1 aliphatic heterocycles. The largest absolute Gasteiger partial charge is 0.337 e. The summed E-state index contributed by atoms with van der Waals surface area (Å²) in [6.45, 7) is 8.33. The molecule has 1 aromatic heterocycles. The van der Waals surface area contributed by atoms with E-state index in [1.165, 1.54) is 17.3 Å². The maximum absolute atomic E-state index is 13.4. The Morgan fingerprint density at radius 3 is 2.48 bits per heavy atom. The van der Waals surface area contributed by atoms with Crippen LogP contribution in [-0.2, 0) is 4.79 Å². The number of carbonyl (C=O) groups is 1. The summed E-state index contributed by atoms with van der Waals surface area (Å²) < 4.78 is 1.65.